The lowest BCUT2D eigenvalue weighted by molar-refractivity contribution is 0.291. The Morgan fingerprint density at radius 3 is 2.47 bits per heavy atom. The van der Waals surface area contributed by atoms with Gasteiger partial charge < -0.3 is 10.1 Å². The van der Waals surface area contributed by atoms with E-state index in [2.05, 4.69) is 36.5 Å². The molecule has 2 heteroatoms. The van der Waals surface area contributed by atoms with E-state index in [1.807, 2.05) is 6.92 Å². The van der Waals surface area contributed by atoms with Crippen LogP contribution in [0.1, 0.15) is 44.6 Å². The SMILES string of the molecule is CCCNC1CC(c2ccc(OCC)cc2)C1. The van der Waals surface area contributed by atoms with Crippen LogP contribution >= 0.6 is 0 Å². The Bertz CT molecular complexity index is 327. The molecule has 0 atom stereocenters. The van der Waals surface area contributed by atoms with E-state index in [4.69, 9.17) is 4.74 Å². The Morgan fingerprint density at radius 2 is 1.88 bits per heavy atom. The number of rotatable bonds is 6. The van der Waals surface area contributed by atoms with E-state index in [1.165, 1.54) is 24.8 Å². The molecule has 17 heavy (non-hydrogen) atoms. The fourth-order valence-electron chi connectivity index (χ4n) is 2.41. The molecule has 2 rings (SSSR count). The quantitative estimate of drug-likeness (QED) is 0.813. The van der Waals surface area contributed by atoms with Crippen molar-refractivity contribution in [2.24, 2.45) is 0 Å². The third-order valence-corrected chi connectivity index (χ3v) is 3.48. The van der Waals surface area contributed by atoms with Crippen molar-refractivity contribution in [3.8, 4) is 5.75 Å². The minimum atomic E-state index is 0.742. The van der Waals surface area contributed by atoms with Crippen LogP contribution in [-0.4, -0.2) is 19.2 Å². The molecule has 0 spiro atoms. The summed E-state index contributed by atoms with van der Waals surface area (Å²) >= 11 is 0. The Labute approximate surface area is 104 Å². The van der Waals surface area contributed by atoms with Crippen LogP contribution in [0.15, 0.2) is 24.3 Å². The second-order valence-electron chi connectivity index (χ2n) is 4.82. The predicted octanol–water partition coefficient (Wildman–Crippen LogP) is 3.33. The highest BCUT2D eigenvalue weighted by molar-refractivity contribution is 5.31. The third-order valence-electron chi connectivity index (χ3n) is 3.48. The first-order valence-corrected chi connectivity index (χ1v) is 6.79. The van der Waals surface area contributed by atoms with Gasteiger partial charge in [-0.1, -0.05) is 19.1 Å². The van der Waals surface area contributed by atoms with Crippen molar-refractivity contribution < 1.29 is 4.74 Å². The van der Waals surface area contributed by atoms with Crippen LogP contribution in [0.25, 0.3) is 0 Å². The zero-order valence-corrected chi connectivity index (χ0v) is 10.9. The third kappa shape index (κ3) is 3.22. The number of hydrogen-bond donors (Lipinski definition) is 1. The Hall–Kier alpha value is -1.02. The van der Waals surface area contributed by atoms with Crippen molar-refractivity contribution in [3.05, 3.63) is 29.8 Å². The first-order chi connectivity index (χ1) is 8.33. The van der Waals surface area contributed by atoms with Gasteiger partial charge in [0, 0.05) is 6.04 Å². The van der Waals surface area contributed by atoms with Crippen molar-refractivity contribution in [3.63, 3.8) is 0 Å². The molecule has 1 aliphatic rings. The Balaban J connectivity index is 1.80. The lowest BCUT2D eigenvalue weighted by atomic mass is 9.76. The molecule has 1 aromatic rings. The summed E-state index contributed by atoms with van der Waals surface area (Å²) in [5.41, 5.74) is 1.46. The van der Waals surface area contributed by atoms with Crippen molar-refractivity contribution in [1.29, 1.82) is 0 Å². The molecule has 1 aliphatic carbocycles. The van der Waals surface area contributed by atoms with Gasteiger partial charge in [0.15, 0.2) is 0 Å². The topological polar surface area (TPSA) is 21.3 Å². The van der Waals surface area contributed by atoms with Gasteiger partial charge in [-0.3, -0.25) is 0 Å². The fourth-order valence-corrected chi connectivity index (χ4v) is 2.41. The van der Waals surface area contributed by atoms with Crippen molar-refractivity contribution >= 4 is 0 Å². The summed E-state index contributed by atoms with van der Waals surface area (Å²) in [6.45, 7) is 6.13. The van der Waals surface area contributed by atoms with Gasteiger partial charge in [-0.05, 0) is 56.3 Å². The molecule has 0 bridgehead atoms. The lowest BCUT2D eigenvalue weighted by Gasteiger charge is -2.36. The van der Waals surface area contributed by atoms with Crippen LogP contribution in [0.5, 0.6) is 5.75 Å². The first-order valence-electron chi connectivity index (χ1n) is 6.79. The molecule has 1 fully saturated rings. The number of benzene rings is 1. The van der Waals surface area contributed by atoms with Crippen LogP contribution in [0, 0.1) is 0 Å². The van der Waals surface area contributed by atoms with Gasteiger partial charge in [0.2, 0.25) is 0 Å². The van der Waals surface area contributed by atoms with Crippen LogP contribution in [-0.2, 0) is 0 Å². The zero-order valence-electron chi connectivity index (χ0n) is 10.9. The molecular formula is C15H23NO. The van der Waals surface area contributed by atoms with Gasteiger partial charge in [-0.2, -0.15) is 0 Å². The highest BCUT2D eigenvalue weighted by Crippen LogP contribution is 2.37. The number of hydrogen-bond acceptors (Lipinski definition) is 2. The number of ether oxygens (including phenoxy) is 1. The molecule has 1 aromatic carbocycles. The van der Waals surface area contributed by atoms with E-state index in [0.29, 0.717) is 0 Å². The predicted molar refractivity (Wildman–Crippen MR) is 71.7 cm³/mol. The molecule has 1 N–H and O–H groups in total. The van der Waals surface area contributed by atoms with Gasteiger partial charge in [0.1, 0.15) is 5.75 Å². The standard InChI is InChI=1S/C15H23NO/c1-3-9-16-14-10-13(11-14)12-5-7-15(8-6-12)17-4-2/h5-8,13-14,16H,3-4,9-11H2,1-2H3. The lowest BCUT2D eigenvalue weighted by Crippen LogP contribution is -2.40. The summed E-state index contributed by atoms with van der Waals surface area (Å²) in [4.78, 5) is 0. The van der Waals surface area contributed by atoms with Crippen LogP contribution in [0.2, 0.25) is 0 Å². The van der Waals surface area contributed by atoms with Crippen LogP contribution < -0.4 is 10.1 Å². The second kappa shape index (κ2) is 6.06. The summed E-state index contributed by atoms with van der Waals surface area (Å²) in [5.74, 6) is 1.73. The van der Waals surface area contributed by atoms with E-state index in [9.17, 15) is 0 Å². The van der Waals surface area contributed by atoms with Gasteiger partial charge in [-0.25, -0.2) is 0 Å². The Morgan fingerprint density at radius 1 is 1.18 bits per heavy atom. The van der Waals surface area contributed by atoms with E-state index in [0.717, 1.165) is 30.9 Å². The van der Waals surface area contributed by atoms with Crippen LogP contribution in [0.4, 0.5) is 0 Å². The van der Waals surface area contributed by atoms with E-state index >= 15 is 0 Å². The molecule has 0 saturated heterocycles. The molecule has 1 saturated carbocycles. The second-order valence-corrected chi connectivity index (χ2v) is 4.82. The highest BCUT2D eigenvalue weighted by atomic mass is 16.5. The summed E-state index contributed by atoms with van der Waals surface area (Å²) in [7, 11) is 0. The smallest absolute Gasteiger partial charge is 0.119 e. The average molecular weight is 233 g/mol. The minimum Gasteiger partial charge on any atom is -0.494 e. The monoisotopic (exact) mass is 233 g/mol. The summed E-state index contributed by atoms with van der Waals surface area (Å²) < 4.78 is 5.45. The molecule has 2 nitrogen and oxygen atoms in total. The minimum absolute atomic E-state index is 0.742. The summed E-state index contributed by atoms with van der Waals surface area (Å²) in [6.07, 6.45) is 3.80. The molecule has 0 amide bonds. The van der Waals surface area contributed by atoms with Crippen LogP contribution in [0.3, 0.4) is 0 Å². The molecule has 94 valence electrons. The molecule has 0 aromatic heterocycles. The molecule has 0 heterocycles. The van der Waals surface area contributed by atoms with Gasteiger partial charge in [-0.15, -0.1) is 0 Å². The summed E-state index contributed by atoms with van der Waals surface area (Å²) in [5, 5.41) is 3.58. The van der Waals surface area contributed by atoms with Crippen molar-refractivity contribution in [2.45, 2.75) is 45.1 Å². The maximum Gasteiger partial charge on any atom is 0.119 e. The summed E-state index contributed by atoms with van der Waals surface area (Å²) in [6, 6.07) is 9.35. The van der Waals surface area contributed by atoms with Crippen molar-refractivity contribution in [1.82, 2.24) is 5.32 Å². The van der Waals surface area contributed by atoms with Gasteiger partial charge in [0.25, 0.3) is 0 Å². The highest BCUT2D eigenvalue weighted by Gasteiger charge is 2.29. The number of nitrogens with one attached hydrogen (secondary N) is 1. The maximum absolute atomic E-state index is 5.45. The molecule has 0 aliphatic heterocycles. The molecule has 0 unspecified atom stereocenters. The van der Waals surface area contributed by atoms with Crippen molar-refractivity contribution in [2.75, 3.05) is 13.2 Å². The van der Waals surface area contributed by atoms with Gasteiger partial charge in [0.05, 0.1) is 6.61 Å². The molecular weight excluding hydrogens is 210 g/mol. The normalized spacial score (nSPS) is 23.2. The first kappa shape index (κ1) is 12.4. The van der Waals surface area contributed by atoms with Gasteiger partial charge >= 0.3 is 0 Å². The maximum atomic E-state index is 5.45. The van der Waals surface area contributed by atoms with E-state index in [1.54, 1.807) is 0 Å². The van der Waals surface area contributed by atoms with E-state index in [-0.39, 0.29) is 0 Å². The Kier molecular flexibility index (Phi) is 4.43. The largest absolute Gasteiger partial charge is 0.494 e. The fraction of sp³-hybridized carbons (Fsp3) is 0.600. The zero-order chi connectivity index (χ0) is 12.1. The average Bonchev–Trinajstić information content (AvgIpc) is 2.30. The van der Waals surface area contributed by atoms with E-state index < -0.39 is 0 Å². The molecule has 0 radical (unpaired) electrons.